The summed E-state index contributed by atoms with van der Waals surface area (Å²) in [6.45, 7) is 2.46. The van der Waals surface area contributed by atoms with Crippen LogP contribution in [0.2, 0.25) is 0 Å². The summed E-state index contributed by atoms with van der Waals surface area (Å²) in [5.41, 5.74) is 12.2. The molecule has 0 aliphatic rings. The van der Waals surface area contributed by atoms with Gasteiger partial charge in [0.1, 0.15) is 5.69 Å². The number of rotatable bonds is 7. The van der Waals surface area contributed by atoms with E-state index in [-0.39, 0.29) is 5.91 Å². The van der Waals surface area contributed by atoms with Crippen molar-refractivity contribution in [2.75, 3.05) is 26.2 Å². The Balaban J connectivity index is 2.01. The molecule has 7 nitrogen and oxygen atoms in total. The number of fused-ring (bicyclic) bond motifs is 1. The van der Waals surface area contributed by atoms with Crippen molar-refractivity contribution in [2.45, 2.75) is 0 Å². The quantitative estimate of drug-likeness (QED) is 0.442. The van der Waals surface area contributed by atoms with Crippen LogP contribution in [-0.4, -0.2) is 43.0 Å². The Morgan fingerprint density at radius 2 is 1.95 bits per heavy atom. The average Bonchev–Trinajstić information content (AvgIpc) is 2.89. The molecule has 0 fully saturated rings. The van der Waals surface area contributed by atoms with E-state index in [0.717, 1.165) is 17.4 Å². The first-order valence-electron chi connectivity index (χ1n) is 6.73. The standard InChI is InChI=1S/C14H19N5O2/c15-3-4-17-5-6-18-14(21)12-8-10-7-9(13(16)20)1-2-11(10)19-12/h1-2,7-8,17,19H,3-6,15H2,(H2,16,20)(H,18,21). The zero-order valence-electron chi connectivity index (χ0n) is 11.6. The molecule has 0 atom stereocenters. The molecule has 7 N–H and O–H groups in total. The molecule has 2 rings (SSSR count). The van der Waals surface area contributed by atoms with Gasteiger partial charge < -0.3 is 27.1 Å². The van der Waals surface area contributed by atoms with E-state index in [1.165, 1.54) is 0 Å². The first-order chi connectivity index (χ1) is 10.1. The van der Waals surface area contributed by atoms with E-state index in [4.69, 9.17) is 11.5 Å². The molecule has 1 aromatic carbocycles. The SMILES string of the molecule is NCCNCCNC(=O)c1cc2cc(C(N)=O)ccc2[nH]1. The molecule has 0 saturated carbocycles. The van der Waals surface area contributed by atoms with Crippen molar-refractivity contribution in [3.8, 4) is 0 Å². The summed E-state index contributed by atoms with van der Waals surface area (Å²) >= 11 is 0. The molecule has 21 heavy (non-hydrogen) atoms. The average molecular weight is 289 g/mol. The van der Waals surface area contributed by atoms with Crippen LogP contribution in [0.1, 0.15) is 20.8 Å². The van der Waals surface area contributed by atoms with E-state index in [9.17, 15) is 9.59 Å². The first-order valence-corrected chi connectivity index (χ1v) is 6.73. The van der Waals surface area contributed by atoms with Gasteiger partial charge in [-0.15, -0.1) is 0 Å². The second kappa shape index (κ2) is 6.87. The van der Waals surface area contributed by atoms with E-state index in [0.29, 0.717) is 30.9 Å². The molecule has 0 aliphatic carbocycles. The highest BCUT2D eigenvalue weighted by Crippen LogP contribution is 2.17. The van der Waals surface area contributed by atoms with Crippen molar-refractivity contribution in [2.24, 2.45) is 11.5 Å². The molecule has 0 saturated heterocycles. The van der Waals surface area contributed by atoms with Gasteiger partial charge in [0.25, 0.3) is 5.91 Å². The maximum atomic E-state index is 12.0. The van der Waals surface area contributed by atoms with E-state index < -0.39 is 5.91 Å². The van der Waals surface area contributed by atoms with E-state index >= 15 is 0 Å². The third-order valence-electron chi connectivity index (χ3n) is 3.06. The smallest absolute Gasteiger partial charge is 0.267 e. The van der Waals surface area contributed by atoms with Crippen LogP contribution in [0.15, 0.2) is 24.3 Å². The van der Waals surface area contributed by atoms with Gasteiger partial charge in [0.15, 0.2) is 0 Å². The summed E-state index contributed by atoms with van der Waals surface area (Å²) in [4.78, 5) is 26.1. The summed E-state index contributed by atoms with van der Waals surface area (Å²) < 4.78 is 0. The lowest BCUT2D eigenvalue weighted by Crippen LogP contribution is -2.33. The van der Waals surface area contributed by atoms with Crippen LogP contribution in [0.5, 0.6) is 0 Å². The number of nitrogens with two attached hydrogens (primary N) is 2. The van der Waals surface area contributed by atoms with Crippen LogP contribution in [0.3, 0.4) is 0 Å². The van der Waals surface area contributed by atoms with Crippen LogP contribution in [0.25, 0.3) is 10.9 Å². The molecule has 0 radical (unpaired) electrons. The highest BCUT2D eigenvalue weighted by molar-refractivity contribution is 6.01. The molecule has 0 spiro atoms. The van der Waals surface area contributed by atoms with E-state index in [1.54, 1.807) is 24.3 Å². The molecule has 0 bridgehead atoms. The summed E-state index contributed by atoms with van der Waals surface area (Å²) in [6, 6.07) is 6.72. The van der Waals surface area contributed by atoms with Crippen LogP contribution in [-0.2, 0) is 0 Å². The molecular weight excluding hydrogens is 270 g/mol. The Morgan fingerprint density at radius 1 is 1.14 bits per heavy atom. The fourth-order valence-corrected chi connectivity index (χ4v) is 1.99. The van der Waals surface area contributed by atoms with Crippen molar-refractivity contribution in [1.82, 2.24) is 15.6 Å². The summed E-state index contributed by atoms with van der Waals surface area (Å²) in [6.07, 6.45) is 0. The molecule has 0 aliphatic heterocycles. The molecule has 7 heteroatoms. The lowest BCUT2D eigenvalue weighted by molar-refractivity contribution is 0.0948. The van der Waals surface area contributed by atoms with Crippen LogP contribution in [0.4, 0.5) is 0 Å². The largest absolute Gasteiger partial charge is 0.366 e. The number of aromatic amines is 1. The number of carbonyl (C=O) groups excluding carboxylic acids is 2. The van der Waals surface area contributed by atoms with Gasteiger partial charge in [-0.3, -0.25) is 9.59 Å². The predicted octanol–water partition coefficient (Wildman–Crippen LogP) is -0.455. The minimum absolute atomic E-state index is 0.193. The maximum Gasteiger partial charge on any atom is 0.267 e. The Bertz CT molecular complexity index is 650. The molecule has 2 aromatic rings. The van der Waals surface area contributed by atoms with Crippen LogP contribution in [0, 0.1) is 0 Å². The Labute approximate surface area is 122 Å². The fourth-order valence-electron chi connectivity index (χ4n) is 1.99. The number of hydrogen-bond acceptors (Lipinski definition) is 4. The lowest BCUT2D eigenvalue weighted by Gasteiger charge is -2.04. The van der Waals surface area contributed by atoms with Crippen molar-refractivity contribution in [1.29, 1.82) is 0 Å². The third kappa shape index (κ3) is 3.80. The van der Waals surface area contributed by atoms with Gasteiger partial charge in [-0.2, -0.15) is 0 Å². The Kier molecular flexibility index (Phi) is 4.91. The first kappa shape index (κ1) is 15.0. The van der Waals surface area contributed by atoms with E-state index in [2.05, 4.69) is 15.6 Å². The minimum Gasteiger partial charge on any atom is -0.366 e. The molecule has 112 valence electrons. The van der Waals surface area contributed by atoms with Crippen LogP contribution >= 0.6 is 0 Å². The third-order valence-corrected chi connectivity index (χ3v) is 3.06. The normalized spacial score (nSPS) is 10.7. The highest BCUT2D eigenvalue weighted by atomic mass is 16.2. The van der Waals surface area contributed by atoms with Crippen molar-refractivity contribution < 1.29 is 9.59 Å². The lowest BCUT2D eigenvalue weighted by atomic mass is 10.1. The molecule has 2 amide bonds. The minimum atomic E-state index is -0.491. The second-order valence-electron chi connectivity index (χ2n) is 4.64. The number of benzene rings is 1. The van der Waals surface area contributed by atoms with E-state index in [1.807, 2.05) is 0 Å². The number of nitrogens with one attached hydrogen (secondary N) is 3. The Hall–Kier alpha value is -2.38. The van der Waals surface area contributed by atoms with Gasteiger partial charge in [0.2, 0.25) is 5.91 Å². The van der Waals surface area contributed by atoms with Gasteiger partial charge in [0.05, 0.1) is 0 Å². The van der Waals surface area contributed by atoms with Gasteiger partial charge >= 0.3 is 0 Å². The van der Waals surface area contributed by atoms with Crippen LogP contribution < -0.4 is 22.1 Å². The molecule has 1 heterocycles. The van der Waals surface area contributed by atoms with Gasteiger partial charge in [0, 0.05) is 42.6 Å². The molecule has 1 aromatic heterocycles. The van der Waals surface area contributed by atoms with Crippen molar-refractivity contribution >= 4 is 22.7 Å². The second-order valence-corrected chi connectivity index (χ2v) is 4.64. The summed E-state index contributed by atoms with van der Waals surface area (Å²) in [5.74, 6) is -0.684. The number of primary amides is 1. The Morgan fingerprint density at radius 3 is 2.67 bits per heavy atom. The zero-order chi connectivity index (χ0) is 15.2. The van der Waals surface area contributed by atoms with Gasteiger partial charge in [-0.05, 0) is 24.3 Å². The van der Waals surface area contributed by atoms with Crippen molar-refractivity contribution in [3.05, 3.63) is 35.5 Å². The number of amides is 2. The highest BCUT2D eigenvalue weighted by Gasteiger charge is 2.10. The van der Waals surface area contributed by atoms with Crippen molar-refractivity contribution in [3.63, 3.8) is 0 Å². The number of aromatic nitrogens is 1. The molecule has 0 unspecified atom stereocenters. The zero-order valence-corrected chi connectivity index (χ0v) is 11.6. The number of H-pyrrole nitrogens is 1. The molecular formula is C14H19N5O2. The fraction of sp³-hybridized carbons (Fsp3) is 0.286. The summed E-state index contributed by atoms with van der Waals surface area (Å²) in [7, 11) is 0. The predicted molar refractivity (Wildman–Crippen MR) is 81.1 cm³/mol. The number of carbonyl (C=O) groups is 2. The topological polar surface area (TPSA) is 126 Å². The summed E-state index contributed by atoms with van der Waals surface area (Å²) in [5, 5.41) is 6.65. The maximum absolute atomic E-state index is 12.0. The van der Waals surface area contributed by atoms with Gasteiger partial charge in [-0.25, -0.2) is 0 Å². The van der Waals surface area contributed by atoms with Gasteiger partial charge in [-0.1, -0.05) is 0 Å². The monoisotopic (exact) mass is 289 g/mol. The number of hydrogen-bond donors (Lipinski definition) is 5.